The molecule has 30 heavy (non-hydrogen) atoms. The molecular weight excluding hydrogens is 399 g/mol. The largest absolute Gasteiger partial charge is 0.416 e. The van der Waals surface area contributed by atoms with Crippen molar-refractivity contribution in [2.24, 2.45) is 21.5 Å². The van der Waals surface area contributed by atoms with Gasteiger partial charge < -0.3 is 16.8 Å². The second-order valence-corrected chi connectivity index (χ2v) is 6.19. The molecule has 0 spiro atoms. The molecule has 158 valence electrons. The molecule has 0 aliphatic heterocycles. The molecule has 0 saturated carbocycles. The van der Waals surface area contributed by atoms with E-state index in [1.165, 1.54) is 18.3 Å². The lowest BCUT2D eigenvalue weighted by molar-refractivity contribution is -0.137. The summed E-state index contributed by atoms with van der Waals surface area (Å²) in [4.78, 5) is 31.5. The highest BCUT2D eigenvalue weighted by atomic mass is 19.4. The van der Waals surface area contributed by atoms with Gasteiger partial charge in [0.2, 0.25) is 0 Å². The lowest BCUT2D eigenvalue weighted by Crippen LogP contribution is -2.19. The number of alkyl halides is 3. The highest BCUT2D eigenvalue weighted by molar-refractivity contribution is 6.03. The van der Waals surface area contributed by atoms with Gasteiger partial charge in [-0.2, -0.15) is 13.2 Å². The smallest absolute Gasteiger partial charge is 0.387 e. The van der Waals surface area contributed by atoms with Crippen LogP contribution in [0.4, 0.5) is 24.5 Å². The number of halogens is 3. The summed E-state index contributed by atoms with van der Waals surface area (Å²) >= 11 is 0. The fraction of sp³-hybridized carbons (Fsp3) is 0.200. The van der Waals surface area contributed by atoms with Crippen molar-refractivity contribution in [2.75, 3.05) is 12.4 Å². The molecule has 0 unspecified atom stereocenters. The first kappa shape index (κ1) is 22.6. The van der Waals surface area contributed by atoms with Crippen LogP contribution in [-0.4, -0.2) is 30.9 Å². The maximum absolute atomic E-state index is 12.7. The van der Waals surface area contributed by atoms with E-state index >= 15 is 0 Å². The van der Waals surface area contributed by atoms with Crippen molar-refractivity contribution in [1.29, 1.82) is 0 Å². The summed E-state index contributed by atoms with van der Waals surface area (Å²) in [6.45, 7) is 0. The number of nitrogens with two attached hydrogens (primary N) is 2. The fourth-order valence-corrected chi connectivity index (χ4v) is 2.66. The average Bonchev–Trinajstić information content (AvgIpc) is 2.67. The maximum atomic E-state index is 12.7. The minimum absolute atomic E-state index is 0.0405. The predicted octanol–water partition coefficient (Wildman–Crippen LogP) is 3.06. The van der Waals surface area contributed by atoms with Crippen molar-refractivity contribution in [2.45, 2.75) is 19.0 Å². The first-order chi connectivity index (χ1) is 14.1. The summed E-state index contributed by atoms with van der Waals surface area (Å²) < 4.78 is 38.1. The molecule has 0 aliphatic rings. The van der Waals surface area contributed by atoms with Crippen LogP contribution >= 0.6 is 0 Å². The maximum Gasteiger partial charge on any atom is 0.416 e. The van der Waals surface area contributed by atoms with E-state index in [0.29, 0.717) is 11.3 Å². The Hall–Kier alpha value is -3.69. The Labute approximate surface area is 170 Å². The number of hydrogen-bond acceptors (Lipinski definition) is 4. The van der Waals surface area contributed by atoms with Crippen molar-refractivity contribution in [1.82, 2.24) is 0 Å². The van der Waals surface area contributed by atoms with Crippen LogP contribution in [0.1, 0.15) is 27.9 Å². The van der Waals surface area contributed by atoms with E-state index in [-0.39, 0.29) is 29.9 Å². The van der Waals surface area contributed by atoms with E-state index in [4.69, 9.17) is 11.5 Å². The van der Waals surface area contributed by atoms with Gasteiger partial charge in [0, 0.05) is 25.4 Å². The van der Waals surface area contributed by atoms with E-state index in [1.54, 1.807) is 25.2 Å². The molecule has 0 heterocycles. The molecule has 2 aromatic rings. The number of aliphatic imine (C=N–C) groups is 2. The molecule has 0 atom stereocenters. The number of carbonyl (C=O) groups is 2. The van der Waals surface area contributed by atoms with E-state index in [0.717, 1.165) is 12.1 Å². The topological polar surface area (TPSA) is 123 Å². The normalized spacial score (nSPS) is 12.2. The third kappa shape index (κ3) is 6.16. The van der Waals surface area contributed by atoms with Gasteiger partial charge in [-0.05, 0) is 29.8 Å². The fourth-order valence-electron chi connectivity index (χ4n) is 2.66. The molecule has 0 saturated heterocycles. The van der Waals surface area contributed by atoms with Gasteiger partial charge in [-0.15, -0.1) is 0 Å². The summed E-state index contributed by atoms with van der Waals surface area (Å²) in [5, 5.41) is 2.83. The number of benzene rings is 2. The monoisotopic (exact) mass is 419 g/mol. The lowest BCUT2D eigenvalue weighted by Gasteiger charge is -2.10. The van der Waals surface area contributed by atoms with E-state index in [9.17, 15) is 22.8 Å². The van der Waals surface area contributed by atoms with Crippen LogP contribution < -0.4 is 16.8 Å². The summed E-state index contributed by atoms with van der Waals surface area (Å²) in [6.07, 6.45) is -3.44. The van der Waals surface area contributed by atoms with Gasteiger partial charge in [-0.1, -0.05) is 18.2 Å². The van der Waals surface area contributed by atoms with Crippen LogP contribution in [0.2, 0.25) is 0 Å². The number of amidine groups is 1. The molecule has 0 radical (unpaired) electrons. The molecule has 0 aromatic heterocycles. The Morgan fingerprint density at radius 1 is 1.13 bits per heavy atom. The SMILES string of the molecule is CNc1cccc(CC(=O)N=C(N)CC=Nc2cccc(C(F)(F)F)c2)c1C(N)=O. The van der Waals surface area contributed by atoms with Gasteiger partial charge in [0.25, 0.3) is 11.8 Å². The predicted molar refractivity (Wildman–Crippen MR) is 109 cm³/mol. The number of hydrogen-bond donors (Lipinski definition) is 3. The van der Waals surface area contributed by atoms with Crippen LogP contribution in [-0.2, 0) is 17.4 Å². The third-order valence-corrected chi connectivity index (χ3v) is 3.99. The van der Waals surface area contributed by atoms with E-state index in [1.807, 2.05) is 0 Å². The first-order valence-electron chi connectivity index (χ1n) is 8.77. The Kier molecular flexibility index (Phi) is 7.29. The van der Waals surface area contributed by atoms with Crippen LogP contribution in [0, 0.1) is 0 Å². The number of anilines is 1. The van der Waals surface area contributed by atoms with Crippen molar-refractivity contribution >= 4 is 35.2 Å². The quantitative estimate of drug-likeness (QED) is 0.471. The van der Waals surface area contributed by atoms with Crippen molar-refractivity contribution in [3.63, 3.8) is 0 Å². The van der Waals surface area contributed by atoms with Crippen LogP contribution in [0.15, 0.2) is 52.4 Å². The molecule has 0 fully saturated rings. The number of nitrogens with one attached hydrogen (secondary N) is 1. The zero-order chi connectivity index (χ0) is 22.3. The van der Waals surface area contributed by atoms with E-state index < -0.39 is 23.6 Å². The second kappa shape index (κ2) is 9.68. The summed E-state index contributed by atoms with van der Waals surface area (Å²) in [5.41, 5.74) is 11.4. The molecule has 5 N–H and O–H groups in total. The highest BCUT2D eigenvalue weighted by Crippen LogP contribution is 2.31. The van der Waals surface area contributed by atoms with Crippen LogP contribution in [0.25, 0.3) is 0 Å². The summed E-state index contributed by atoms with van der Waals surface area (Å²) in [6, 6.07) is 9.38. The Balaban J connectivity index is 2.06. The van der Waals surface area contributed by atoms with Crippen LogP contribution in [0.3, 0.4) is 0 Å². The number of amides is 2. The van der Waals surface area contributed by atoms with Gasteiger partial charge in [0.15, 0.2) is 0 Å². The number of carbonyl (C=O) groups excluding carboxylic acids is 2. The van der Waals surface area contributed by atoms with Crippen molar-refractivity contribution < 1.29 is 22.8 Å². The molecule has 10 heteroatoms. The standard InChI is InChI=1S/C20H20F3N5O2/c1-26-15-7-2-4-12(18(15)19(25)30)10-17(29)28-16(24)8-9-27-14-6-3-5-13(11-14)20(21,22)23/h2-7,9,11,26H,8,10H2,1H3,(H2,25,30)(H2,24,28,29). The Bertz CT molecular complexity index is 1000. The first-order valence-corrected chi connectivity index (χ1v) is 8.77. The van der Waals surface area contributed by atoms with Gasteiger partial charge in [-0.25, -0.2) is 4.99 Å². The molecule has 2 rings (SSSR count). The summed E-state index contributed by atoms with van der Waals surface area (Å²) in [5.74, 6) is -1.36. The summed E-state index contributed by atoms with van der Waals surface area (Å²) in [7, 11) is 1.62. The molecule has 2 aromatic carbocycles. The van der Waals surface area contributed by atoms with Crippen molar-refractivity contribution in [3.05, 3.63) is 59.2 Å². The molecule has 0 aliphatic carbocycles. The number of rotatable bonds is 7. The number of primary amides is 1. The number of nitrogens with zero attached hydrogens (tertiary/aromatic N) is 2. The molecule has 0 bridgehead atoms. The van der Waals surface area contributed by atoms with Crippen LogP contribution in [0.5, 0.6) is 0 Å². The Morgan fingerprint density at radius 2 is 1.83 bits per heavy atom. The highest BCUT2D eigenvalue weighted by Gasteiger charge is 2.30. The minimum atomic E-state index is -4.47. The average molecular weight is 419 g/mol. The van der Waals surface area contributed by atoms with E-state index in [2.05, 4.69) is 15.3 Å². The zero-order valence-corrected chi connectivity index (χ0v) is 16.0. The Morgan fingerprint density at radius 3 is 2.47 bits per heavy atom. The van der Waals surface area contributed by atoms with Gasteiger partial charge in [0.1, 0.15) is 5.84 Å². The lowest BCUT2D eigenvalue weighted by atomic mass is 10.0. The van der Waals surface area contributed by atoms with Crippen molar-refractivity contribution in [3.8, 4) is 0 Å². The minimum Gasteiger partial charge on any atom is -0.387 e. The molecule has 2 amide bonds. The van der Waals surface area contributed by atoms with Gasteiger partial charge in [0.05, 0.1) is 23.2 Å². The third-order valence-electron chi connectivity index (χ3n) is 3.99. The van der Waals surface area contributed by atoms with Gasteiger partial charge in [-0.3, -0.25) is 14.6 Å². The zero-order valence-electron chi connectivity index (χ0n) is 16.0. The molecule has 7 nitrogen and oxygen atoms in total. The molecular formula is C20H20F3N5O2. The second-order valence-electron chi connectivity index (χ2n) is 6.19. The van der Waals surface area contributed by atoms with Gasteiger partial charge >= 0.3 is 6.18 Å².